The molecule has 6 heterocycles. The molecule has 3 aromatic heterocycles. The van der Waals surface area contributed by atoms with E-state index in [9.17, 15) is 14.4 Å². The molecule has 0 aliphatic carbocycles. The van der Waals surface area contributed by atoms with Crippen molar-refractivity contribution in [3.63, 3.8) is 0 Å². The van der Waals surface area contributed by atoms with Crippen LogP contribution in [0, 0.1) is 11.8 Å². The summed E-state index contributed by atoms with van der Waals surface area (Å²) >= 11 is 0. The Morgan fingerprint density at radius 2 is 1.50 bits per heavy atom. The first-order valence-electron chi connectivity index (χ1n) is 19.5. The zero-order valence-electron chi connectivity index (χ0n) is 34.2. The standard InChI is InChI=1S/C42H48N8O6.4H2S/c1-24(2)25(3)40(51)49-17-5-7-35(49)38-43-21-33(44-38)28-13-9-26(10-14-28)27-11-15-29(16-12-27)37-34-23-55-22-31-19-30(48-56-31)20-32(46-42(53)54-4)41(52)50-18-6-8-36(50)39(45-34)47-37;;;;/h9-16,19,21,24-25,32,35-36H,5-8,17-18,20,22-23H2,1-4H3,(H,43,44)(H,45,47)(H,46,53);4*1H2/t25-,32-,35-,36-;;;;/m0..../s1. The molecule has 18 heteroatoms. The molecule has 2 aromatic carbocycles. The molecule has 4 atom stereocenters. The summed E-state index contributed by atoms with van der Waals surface area (Å²) in [5.41, 5.74) is 7.03. The van der Waals surface area contributed by atoms with Gasteiger partial charge in [0.05, 0.1) is 54.8 Å². The summed E-state index contributed by atoms with van der Waals surface area (Å²) in [5, 5.41) is 6.81. The number of methoxy groups -OCH3 is 1. The van der Waals surface area contributed by atoms with Crippen molar-refractivity contribution in [2.75, 3.05) is 20.2 Å². The third kappa shape index (κ3) is 10.0. The average Bonchev–Trinajstić information content (AvgIpc) is 4.06. The molecule has 0 unspecified atom stereocenters. The van der Waals surface area contributed by atoms with E-state index >= 15 is 0 Å². The molecule has 4 bridgehead atoms. The molecule has 14 nitrogen and oxygen atoms in total. The lowest BCUT2D eigenvalue weighted by Gasteiger charge is -2.28. The number of nitrogens with zero attached hydrogens (tertiary/aromatic N) is 5. The predicted molar refractivity (Wildman–Crippen MR) is 248 cm³/mol. The number of alkyl carbamates (subject to hydrolysis) is 1. The number of nitrogens with one attached hydrogen (secondary N) is 3. The average molecular weight is 897 g/mol. The van der Waals surface area contributed by atoms with E-state index in [0.717, 1.165) is 77.4 Å². The first-order valence-corrected chi connectivity index (χ1v) is 19.5. The molecule has 0 radical (unpaired) electrons. The topological polar surface area (TPSA) is 172 Å². The molecule has 3 aliphatic heterocycles. The normalized spacial score (nSPS) is 19.1. The van der Waals surface area contributed by atoms with Crippen LogP contribution in [0.2, 0.25) is 0 Å². The minimum atomic E-state index is -0.893. The van der Waals surface area contributed by atoms with E-state index < -0.39 is 12.1 Å². The van der Waals surface area contributed by atoms with E-state index in [0.29, 0.717) is 29.7 Å². The largest absolute Gasteiger partial charge is 0.453 e. The van der Waals surface area contributed by atoms with Crippen molar-refractivity contribution in [2.24, 2.45) is 11.8 Å². The van der Waals surface area contributed by atoms with Crippen molar-refractivity contribution >= 4 is 71.9 Å². The molecule has 3 N–H and O–H groups in total. The number of amides is 3. The van der Waals surface area contributed by atoms with Crippen LogP contribution in [0.3, 0.4) is 0 Å². The Labute approximate surface area is 378 Å². The Hall–Kier alpha value is -4.36. The first kappa shape index (κ1) is 48.3. The van der Waals surface area contributed by atoms with E-state index in [-0.39, 0.29) is 103 Å². The molecule has 5 aromatic rings. The van der Waals surface area contributed by atoms with Crippen molar-refractivity contribution in [2.45, 2.75) is 84.2 Å². The second kappa shape index (κ2) is 20.9. The highest BCUT2D eigenvalue weighted by Crippen LogP contribution is 2.36. The number of ether oxygens (including phenoxy) is 2. The lowest BCUT2D eigenvalue weighted by Crippen LogP contribution is -2.49. The van der Waals surface area contributed by atoms with Gasteiger partial charge in [-0.3, -0.25) is 9.59 Å². The Bertz CT molecular complexity index is 2210. The summed E-state index contributed by atoms with van der Waals surface area (Å²) < 4.78 is 16.4. The molecule has 0 saturated carbocycles. The van der Waals surface area contributed by atoms with Gasteiger partial charge < -0.3 is 39.1 Å². The Morgan fingerprint density at radius 3 is 2.18 bits per heavy atom. The van der Waals surface area contributed by atoms with Crippen LogP contribution < -0.4 is 5.32 Å². The predicted octanol–water partition coefficient (Wildman–Crippen LogP) is 7.19. The van der Waals surface area contributed by atoms with Crippen molar-refractivity contribution in [3.8, 4) is 33.6 Å². The van der Waals surface area contributed by atoms with Crippen LogP contribution in [-0.4, -0.2) is 79.0 Å². The lowest BCUT2D eigenvalue weighted by atomic mass is 9.96. The minimum Gasteiger partial charge on any atom is -0.453 e. The summed E-state index contributed by atoms with van der Waals surface area (Å²) in [4.78, 5) is 60.0. The van der Waals surface area contributed by atoms with E-state index in [2.05, 4.69) is 70.7 Å². The second-order valence-corrected chi connectivity index (χ2v) is 15.4. The highest BCUT2D eigenvalue weighted by atomic mass is 32.1. The highest BCUT2D eigenvalue weighted by molar-refractivity contribution is 7.59. The van der Waals surface area contributed by atoms with Crippen molar-refractivity contribution in [1.82, 2.24) is 40.2 Å². The summed E-state index contributed by atoms with van der Waals surface area (Å²) in [6, 6.07) is 17.1. The number of aromatic nitrogens is 5. The van der Waals surface area contributed by atoms with Crippen LogP contribution in [-0.2, 0) is 38.7 Å². The van der Waals surface area contributed by atoms with Gasteiger partial charge in [0.2, 0.25) is 11.8 Å². The summed E-state index contributed by atoms with van der Waals surface area (Å²) in [7, 11) is 1.27. The number of benzene rings is 2. The van der Waals surface area contributed by atoms with Crippen molar-refractivity contribution < 1.29 is 28.4 Å². The number of imidazole rings is 2. The fraction of sp³-hybridized carbons (Fsp3) is 0.429. The molecule has 3 amide bonds. The number of fused-ring (bicyclic) bond motifs is 6. The van der Waals surface area contributed by atoms with Gasteiger partial charge in [0.1, 0.15) is 24.3 Å². The van der Waals surface area contributed by atoms with E-state index in [1.165, 1.54) is 7.11 Å². The van der Waals surface area contributed by atoms with Crippen LogP contribution in [0.4, 0.5) is 4.79 Å². The third-order valence-corrected chi connectivity index (χ3v) is 11.5. The quantitative estimate of drug-likeness (QED) is 0.153. The molecule has 60 heavy (non-hydrogen) atoms. The van der Waals surface area contributed by atoms with Gasteiger partial charge in [-0.15, -0.1) is 0 Å². The van der Waals surface area contributed by atoms with Gasteiger partial charge in [-0.05, 0) is 48.3 Å². The molecule has 2 fully saturated rings. The highest BCUT2D eigenvalue weighted by Gasteiger charge is 2.38. The van der Waals surface area contributed by atoms with Gasteiger partial charge in [-0.2, -0.15) is 54.0 Å². The summed E-state index contributed by atoms with van der Waals surface area (Å²) in [5.74, 6) is 2.26. The zero-order chi connectivity index (χ0) is 38.9. The summed E-state index contributed by atoms with van der Waals surface area (Å²) in [6.45, 7) is 7.92. The van der Waals surface area contributed by atoms with Gasteiger partial charge in [0, 0.05) is 37.1 Å². The zero-order valence-corrected chi connectivity index (χ0v) is 38.2. The van der Waals surface area contributed by atoms with Crippen LogP contribution in [0.25, 0.3) is 33.6 Å². The molecular formula is C42H56N8O6S4. The maximum atomic E-state index is 14.0. The van der Waals surface area contributed by atoms with Gasteiger partial charge in [-0.25, -0.2) is 14.8 Å². The first-order chi connectivity index (χ1) is 27.2. The van der Waals surface area contributed by atoms with Crippen LogP contribution in [0.5, 0.6) is 0 Å². The molecule has 2 saturated heterocycles. The molecule has 324 valence electrons. The van der Waals surface area contributed by atoms with Crippen molar-refractivity contribution in [3.05, 3.63) is 89.6 Å². The maximum Gasteiger partial charge on any atom is 0.407 e. The van der Waals surface area contributed by atoms with Crippen LogP contribution in [0.1, 0.15) is 87.3 Å². The van der Waals surface area contributed by atoms with Gasteiger partial charge >= 0.3 is 6.09 Å². The SMILES string of the molecule is COC(=O)N[C@H]1Cc2cc(on2)COCc2[nH]c(nc2-c2ccc(-c3ccc(-c4cnc([C@@H]5CCCN5C(=O)[C@@H](C)C(C)C)[nH]4)cc3)cc2)[C@@H]2CCCN2C1=O.S.S.S.S. The Kier molecular flexibility index (Phi) is 16.9. The summed E-state index contributed by atoms with van der Waals surface area (Å²) in [6.07, 6.45) is 4.72. The fourth-order valence-electron chi connectivity index (χ4n) is 8.01. The van der Waals surface area contributed by atoms with Gasteiger partial charge in [0.15, 0.2) is 5.76 Å². The molecule has 3 aliphatic rings. The maximum absolute atomic E-state index is 14.0. The number of carbonyl (C=O) groups excluding carboxylic acids is 3. The number of H-pyrrole nitrogens is 2. The number of hydrogen-bond acceptors (Lipinski definition) is 9. The number of carbonyl (C=O) groups is 3. The number of aromatic amines is 2. The van der Waals surface area contributed by atoms with E-state index in [4.69, 9.17) is 24.0 Å². The Morgan fingerprint density at radius 1 is 0.850 bits per heavy atom. The van der Waals surface area contributed by atoms with Gasteiger partial charge in [-0.1, -0.05) is 74.5 Å². The van der Waals surface area contributed by atoms with Crippen molar-refractivity contribution in [1.29, 1.82) is 0 Å². The second-order valence-electron chi connectivity index (χ2n) is 15.4. The lowest BCUT2D eigenvalue weighted by molar-refractivity contribution is -0.137. The molecule has 0 spiro atoms. The van der Waals surface area contributed by atoms with Gasteiger partial charge in [0.25, 0.3) is 0 Å². The van der Waals surface area contributed by atoms with Crippen LogP contribution >= 0.6 is 54.0 Å². The fourth-order valence-corrected chi connectivity index (χ4v) is 8.01. The monoisotopic (exact) mass is 896 g/mol. The third-order valence-electron chi connectivity index (χ3n) is 11.5. The number of rotatable bonds is 7. The smallest absolute Gasteiger partial charge is 0.407 e. The van der Waals surface area contributed by atoms with Crippen LogP contribution in [0.15, 0.2) is 65.3 Å². The van der Waals surface area contributed by atoms with E-state index in [1.54, 1.807) is 11.0 Å². The Balaban J connectivity index is 0.00000198. The minimum absolute atomic E-state index is 0. The number of hydrogen-bond donors (Lipinski definition) is 3. The molecular weight excluding hydrogens is 841 g/mol. The van der Waals surface area contributed by atoms with E-state index in [1.807, 2.05) is 30.2 Å². The molecule has 8 rings (SSSR count). The number of likely N-dealkylation sites (tertiary alicyclic amines) is 1.